The zero-order valence-corrected chi connectivity index (χ0v) is 13.2. The molecule has 0 fully saturated rings. The fraction of sp³-hybridized carbons (Fsp3) is 0.444. The third-order valence-electron chi connectivity index (χ3n) is 4.25. The van der Waals surface area contributed by atoms with Gasteiger partial charge in [-0.3, -0.25) is 4.79 Å². The van der Waals surface area contributed by atoms with E-state index in [1.165, 1.54) is 0 Å². The highest BCUT2D eigenvalue weighted by Crippen LogP contribution is 2.24. The maximum atomic E-state index is 12.3. The molecule has 0 saturated heterocycles. The molecule has 116 valence electrons. The number of hydrogen-bond acceptors (Lipinski definition) is 2. The first-order valence-electron chi connectivity index (χ1n) is 8.04. The van der Waals surface area contributed by atoms with E-state index < -0.39 is 0 Å². The Kier molecular flexibility index (Phi) is 4.27. The molecule has 1 aliphatic rings. The standard InChI is InChI=1S/C18H23N3O/c1-12(2)17(21-16(22)11-13-7-3-4-8-13)18-19-14-9-5-6-10-15(14)20-18/h3,5-7,9-10,12-13,17H,4,8,11H2,1-2H3,(H,19,20)(H,21,22). The number of benzene rings is 1. The first-order chi connectivity index (χ1) is 10.6. The van der Waals surface area contributed by atoms with Crippen molar-refractivity contribution in [3.05, 3.63) is 42.2 Å². The minimum atomic E-state index is -0.0784. The van der Waals surface area contributed by atoms with Crippen LogP contribution in [0.25, 0.3) is 11.0 Å². The molecule has 3 rings (SSSR count). The Balaban J connectivity index is 1.74. The molecule has 0 saturated carbocycles. The van der Waals surface area contributed by atoms with Crippen molar-refractivity contribution in [2.75, 3.05) is 0 Å². The van der Waals surface area contributed by atoms with Gasteiger partial charge in [0.25, 0.3) is 0 Å². The van der Waals surface area contributed by atoms with Crippen molar-refractivity contribution in [3.63, 3.8) is 0 Å². The number of nitrogens with zero attached hydrogens (tertiary/aromatic N) is 1. The minimum absolute atomic E-state index is 0.0784. The number of nitrogens with one attached hydrogen (secondary N) is 2. The third-order valence-corrected chi connectivity index (χ3v) is 4.25. The van der Waals surface area contributed by atoms with Crippen LogP contribution in [0.1, 0.15) is 45.0 Å². The maximum Gasteiger partial charge on any atom is 0.221 e. The molecule has 1 aromatic carbocycles. The summed E-state index contributed by atoms with van der Waals surface area (Å²) in [4.78, 5) is 20.3. The van der Waals surface area contributed by atoms with Crippen LogP contribution in [0.3, 0.4) is 0 Å². The molecule has 1 aromatic heterocycles. The highest BCUT2D eigenvalue weighted by atomic mass is 16.1. The van der Waals surface area contributed by atoms with Crippen LogP contribution in [-0.2, 0) is 4.79 Å². The van der Waals surface area contributed by atoms with Crippen molar-refractivity contribution in [2.45, 2.75) is 39.2 Å². The summed E-state index contributed by atoms with van der Waals surface area (Å²) in [6, 6.07) is 7.87. The van der Waals surface area contributed by atoms with Crippen LogP contribution < -0.4 is 5.32 Å². The quantitative estimate of drug-likeness (QED) is 0.826. The first kappa shape index (κ1) is 14.8. The van der Waals surface area contributed by atoms with E-state index >= 15 is 0 Å². The van der Waals surface area contributed by atoms with Crippen LogP contribution in [0.4, 0.5) is 0 Å². The molecule has 1 amide bonds. The highest BCUT2D eigenvalue weighted by molar-refractivity contribution is 5.78. The van der Waals surface area contributed by atoms with Gasteiger partial charge in [-0.25, -0.2) is 4.98 Å². The van der Waals surface area contributed by atoms with Crippen LogP contribution in [0.2, 0.25) is 0 Å². The van der Waals surface area contributed by atoms with E-state index in [0.717, 1.165) is 29.7 Å². The lowest BCUT2D eigenvalue weighted by Crippen LogP contribution is -2.33. The summed E-state index contributed by atoms with van der Waals surface area (Å²) in [6.07, 6.45) is 7.07. The fourth-order valence-electron chi connectivity index (χ4n) is 3.01. The number of amides is 1. The number of rotatable bonds is 5. The number of carbonyl (C=O) groups is 1. The van der Waals surface area contributed by atoms with Crippen molar-refractivity contribution < 1.29 is 4.79 Å². The van der Waals surface area contributed by atoms with Crippen molar-refractivity contribution in [2.24, 2.45) is 11.8 Å². The molecule has 2 atom stereocenters. The number of hydrogen-bond donors (Lipinski definition) is 2. The van der Waals surface area contributed by atoms with Gasteiger partial charge in [-0.1, -0.05) is 38.1 Å². The molecule has 0 radical (unpaired) electrons. The Bertz CT molecular complexity index is 653. The molecule has 2 aromatic rings. The molecule has 1 heterocycles. The molecule has 4 nitrogen and oxygen atoms in total. The lowest BCUT2D eigenvalue weighted by Gasteiger charge is -2.21. The average Bonchev–Trinajstić information content (AvgIpc) is 3.12. The SMILES string of the molecule is CC(C)C(NC(=O)CC1C=CCC1)c1nc2ccccc2[nH]1. The van der Waals surface area contributed by atoms with Gasteiger partial charge in [-0.15, -0.1) is 0 Å². The average molecular weight is 297 g/mol. The molecule has 0 bridgehead atoms. The first-order valence-corrected chi connectivity index (χ1v) is 8.04. The van der Waals surface area contributed by atoms with Crippen molar-refractivity contribution >= 4 is 16.9 Å². The van der Waals surface area contributed by atoms with E-state index in [1.54, 1.807) is 0 Å². The second kappa shape index (κ2) is 6.34. The summed E-state index contributed by atoms with van der Waals surface area (Å²) in [5, 5.41) is 3.15. The lowest BCUT2D eigenvalue weighted by molar-refractivity contribution is -0.122. The second-order valence-corrected chi connectivity index (χ2v) is 6.40. The Morgan fingerprint density at radius 3 is 2.91 bits per heavy atom. The molecule has 0 aliphatic heterocycles. The zero-order chi connectivity index (χ0) is 15.5. The van der Waals surface area contributed by atoms with Gasteiger partial charge in [0.05, 0.1) is 17.1 Å². The van der Waals surface area contributed by atoms with Crippen LogP contribution in [0, 0.1) is 11.8 Å². The normalized spacial score (nSPS) is 19.0. The minimum Gasteiger partial charge on any atom is -0.346 e. The monoisotopic (exact) mass is 297 g/mol. The van der Waals surface area contributed by atoms with Gasteiger partial charge in [-0.2, -0.15) is 0 Å². The van der Waals surface area contributed by atoms with Gasteiger partial charge in [0.15, 0.2) is 0 Å². The smallest absolute Gasteiger partial charge is 0.221 e. The van der Waals surface area contributed by atoms with Crippen LogP contribution in [0.5, 0.6) is 0 Å². The molecule has 2 unspecified atom stereocenters. The Labute approximate surface area is 131 Å². The number of imidazole rings is 1. The summed E-state index contributed by atoms with van der Waals surface area (Å²) < 4.78 is 0. The van der Waals surface area contributed by atoms with Crippen molar-refractivity contribution in [3.8, 4) is 0 Å². The van der Waals surface area contributed by atoms with E-state index in [9.17, 15) is 4.79 Å². The molecule has 22 heavy (non-hydrogen) atoms. The van der Waals surface area contributed by atoms with Gasteiger partial charge < -0.3 is 10.3 Å². The fourth-order valence-corrected chi connectivity index (χ4v) is 3.01. The van der Waals surface area contributed by atoms with Crippen LogP contribution in [-0.4, -0.2) is 15.9 Å². The zero-order valence-electron chi connectivity index (χ0n) is 13.2. The Hall–Kier alpha value is -2.10. The summed E-state index contributed by atoms with van der Waals surface area (Å²) in [6.45, 7) is 4.21. The van der Waals surface area contributed by atoms with Gasteiger partial charge in [0, 0.05) is 6.42 Å². The Morgan fingerprint density at radius 1 is 1.41 bits per heavy atom. The molecule has 2 N–H and O–H groups in total. The molecular weight excluding hydrogens is 274 g/mol. The second-order valence-electron chi connectivity index (χ2n) is 6.40. The molecule has 1 aliphatic carbocycles. The summed E-state index contributed by atoms with van der Waals surface area (Å²) in [5.74, 6) is 1.62. The number of fused-ring (bicyclic) bond motifs is 1. The number of H-pyrrole nitrogens is 1. The van der Waals surface area contributed by atoms with E-state index in [1.807, 2.05) is 24.3 Å². The third kappa shape index (κ3) is 3.21. The highest BCUT2D eigenvalue weighted by Gasteiger charge is 2.23. The predicted molar refractivity (Wildman–Crippen MR) is 88.3 cm³/mol. The van der Waals surface area contributed by atoms with Gasteiger partial charge >= 0.3 is 0 Å². The van der Waals surface area contributed by atoms with E-state index in [4.69, 9.17) is 0 Å². The molecular formula is C18H23N3O. The topological polar surface area (TPSA) is 57.8 Å². The number of aromatic nitrogens is 2. The number of para-hydroxylation sites is 2. The predicted octanol–water partition coefficient (Wildman–Crippen LogP) is 3.73. The van der Waals surface area contributed by atoms with Crippen molar-refractivity contribution in [1.29, 1.82) is 0 Å². The molecule has 0 spiro atoms. The van der Waals surface area contributed by atoms with E-state index in [0.29, 0.717) is 12.3 Å². The van der Waals surface area contributed by atoms with Gasteiger partial charge in [0.2, 0.25) is 5.91 Å². The van der Waals surface area contributed by atoms with Crippen molar-refractivity contribution in [1.82, 2.24) is 15.3 Å². The van der Waals surface area contributed by atoms with Gasteiger partial charge in [-0.05, 0) is 36.8 Å². The summed E-state index contributed by atoms with van der Waals surface area (Å²) >= 11 is 0. The van der Waals surface area contributed by atoms with Crippen LogP contribution >= 0.6 is 0 Å². The largest absolute Gasteiger partial charge is 0.346 e. The Morgan fingerprint density at radius 2 is 2.23 bits per heavy atom. The van der Waals surface area contributed by atoms with E-state index in [-0.39, 0.29) is 17.9 Å². The molecule has 4 heteroatoms. The number of allylic oxidation sites excluding steroid dienone is 2. The lowest BCUT2D eigenvalue weighted by atomic mass is 10.0. The number of carbonyl (C=O) groups excluding carboxylic acids is 1. The summed E-state index contributed by atoms with van der Waals surface area (Å²) in [5.41, 5.74) is 1.95. The van der Waals surface area contributed by atoms with Crippen LogP contribution in [0.15, 0.2) is 36.4 Å². The maximum absolute atomic E-state index is 12.3. The van der Waals surface area contributed by atoms with Gasteiger partial charge in [0.1, 0.15) is 5.82 Å². The number of aromatic amines is 1. The van der Waals surface area contributed by atoms with E-state index in [2.05, 4.69) is 41.3 Å². The summed E-state index contributed by atoms with van der Waals surface area (Å²) in [7, 11) is 0.